The van der Waals surface area contributed by atoms with E-state index in [-0.39, 0.29) is 5.75 Å². The maximum Gasteiger partial charge on any atom is 0.209 e. The minimum Gasteiger partial charge on any atom is -0.379 e. The van der Waals surface area contributed by atoms with Gasteiger partial charge in [-0.3, -0.25) is 0 Å². The summed E-state index contributed by atoms with van der Waals surface area (Å²) in [7, 11) is -3.29. The number of nitrogens with two attached hydrogens (primary N) is 1. The Morgan fingerprint density at radius 1 is 1.06 bits per heavy atom. The van der Waals surface area contributed by atoms with Gasteiger partial charge in [0.15, 0.2) is 0 Å². The molecule has 18 heavy (non-hydrogen) atoms. The zero-order chi connectivity index (χ0) is 13.9. The van der Waals surface area contributed by atoms with E-state index in [1.165, 1.54) is 25.7 Å². The second kappa shape index (κ2) is 10.8. The molecule has 110 valence electrons. The van der Waals surface area contributed by atoms with E-state index in [1.807, 2.05) is 0 Å². The Hall–Kier alpha value is -0.130. The quantitative estimate of drug-likeness (QED) is 0.558. The van der Waals surface area contributed by atoms with Gasteiger partial charge in [-0.05, 0) is 26.2 Å². The standard InChI is InChI=1S/C13H29NO3S/c1-3-4-5-7-10-13(2)17-11-8-6-9-12-18(14,15)16/h13H,3-12H2,1-2H3,(H2,14,15,16). The Labute approximate surface area is 112 Å². The van der Waals surface area contributed by atoms with E-state index in [9.17, 15) is 8.42 Å². The van der Waals surface area contributed by atoms with E-state index in [0.29, 0.717) is 12.5 Å². The molecule has 0 aromatic rings. The molecular weight excluding hydrogens is 250 g/mol. The van der Waals surface area contributed by atoms with Crippen molar-refractivity contribution >= 4 is 10.0 Å². The minimum absolute atomic E-state index is 0.0829. The molecule has 0 amide bonds. The molecule has 0 aliphatic heterocycles. The van der Waals surface area contributed by atoms with Gasteiger partial charge >= 0.3 is 0 Å². The van der Waals surface area contributed by atoms with E-state index in [4.69, 9.17) is 9.88 Å². The normalized spacial score (nSPS) is 13.7. The molecule has 0 fully saturated rings. The van der Waals surface area contributed by atoms with Crippen LogP contribution in [-0.4, -0.2) is 26.9 Å². The summed E-state index contributed by atoms with van der Waals surface area (Å²) in [5, 5.41) is 4.92. The summed E-state index contributed by atoms with van der Waals surface area (Å²) < 4.78 is 27.1. The first-order valence-corrected chi connectivity index (χ1v) is 8.79. The van der Waals surface area contributed by atoms with Crippen molar-refractivity contribution in [2.24, 2.45) is 5.14 Å². The molecule has 0 aromatic carbocycles. The summed E-state index contributed by atoms with van der Waals surface area (Å²) in [5.74, 6) is 0.0829. The fourth-order valence-electron chi connectivity index (χ4n) is 1.81. The maximum atomic E-state index is 10.7. The van der Waals surface area contributed by atoms with Crippen molar-refractivity contribution in [3.8, 4) is 0 Å². The van der Waals surface area contributed by atoms with Crippen LogP contribution in [-0.2, 0) is 14.8 Å². The van der Waals surface area contributed by atoms with Crippen LogP contribution in [0.1, 0.15) is 65.2 Å². The Morgan fingerprint density at radius 2 is 1.72 bits per heavy atom. The van der Waals surface area contributed by atoms with Crippen LogP contribution in [0.4, 0.5) is 0 Å². The fourth-order valence-corrected chi connectivity index (χ4v) is 2.42. The van der Waals surface area contributed by atoms with Crippen LogP contribution >= 0.6 is 0 Å². The van der Waals surface area contributed by atoms with Crippen molar-refractivity contribution in [2.75, 3.05) is 12.4 Å². The molecular formula is C13H29NO3S. The summed E-state index contributed by atoms with van der Waals surface area (Å²) in [6.07, 6.45) is 8.94. The van der Waals surface area contributed by atoms with Crippen molar-refractivity contribution in [1.29, 1.82) is 0 Å². The third-order valence-corrected chi connectivity index (χ3v) is 3.80. The molecule has 0 radical (unpaired) electrons. The molecule has 2 N–H and O–H groups in total. The largest absolute Gasteiger partial charge is 0.379 e. The Kier molecular flexibility index (Phi) is 10.7. The van der Waals surface area contributed by atoms with Crippen LogP contribution in [0.3, 0.4) is 0 Å². The number of hydrogen-bond acceptors (Lipinski definition) is 3. The Bertz CT molecular complexity index is 278. The van der Waals surface area contributed by atoms with Crippen LogP contribution in [0.2, 0.25) is 0 Å². The van der Waals surface area contributed by atoms with Crippen LogP contribution in [0.15, 0.2) is 0 Å². The van der Waals surface area contributed by atoms with Gasteiger partial charge in [-0.15, -0.1) is 0 Å². The first-order chi connectivity index (χ1) is 8.45. The first-order valence-electron chi connectivity index (χ1n) is 7.07. The average molecular weight is 279 g/mol. The molecule has 0 heterocycles. The summed E-state index contributed by atoms with van der Waals surface area (Å²) in [6, 6.07) is 0. The van der Waals surface area contributed by atoms with Crippen LogP contribution in [0.25, 0.3) is 0 Å². The highest BCUT2D eigenvalue weighted by molar-refractivity contribution is 7.89. The van der Waals surface area contributed by atoms with Crippen molar-refractivity contribution < 1.29 is 13.2 Å². The molecule has 1 unspecified atom stereocenters. The monoisotopic (exact) mass is 279 g/mol. The van der Waals surface area contributed by atoms with Gasteiger partial charge in [0.25, 0.3) is 0 Å². The number of rotatable bonds is 12. The van der Waals surface area contributed by atoms with E-state index in [0.717, 1.165) is 25.9 Å². The molecule has 0 saturated heterocycles. The maximum absolute atomic E-state index is 10.7. The zero-order valence-electron chi connectivity index (χ0n) is 11.9. The van der Waals surface area contributed by atoms with Crippen LogP contribution in [0, 0.1) is 0 Å². The SMILES string of the molecule is CCCCCCC(C)OCCCCCS(N)(=O)=O. The lowest BCUT2D eigenvalue weighted by molar-refractivity contribution is 0.0559. The number of primary sulfonamides is 1. The van der Waals surface area contributed by atoms with Crippen LogP contribution < -0.4 is 5.14 Å². The average Bonchev–Trinajstić information content (AvgIpc) is 2.28. The minimum atomic E-state index is -3.29. The summed E-state index contributed by atoms with van der Waals surface area (Å²) in [4.78, 5) is 0. The van der Waals surface area contributed by atoms with Crippen molar-refractivity contribution in [2.45, 2.75) is 71.3 Å². The second-order valence-electron chi connectivity index (χ2n) is 4.96. The molecule has 0 aromatic heterocycles. The van der Waals surface area contributed by atoms with Crippen molar-refractivity contribution in [3.63, 3.8) is 0 Å². The van der Waals surface area contributed by atoms with E-state index in [1.54, 1.807) is 0 Å². The van der Waals surface area contributed by atoms with Gasteiger partial charge in [-0.2, -0.15) is 0 Å². The lowest BCUT2D eigenvalue weighted by Gasteiger charge is -2.12. The predicted octanol–water partition coefficient (Wildman–Crippen LogP) is 2.82. The summed E-state index contributed by atoms with van der Waals surface area (Å²) >= 11 is 0. The van der Waals surface area contributed by atoms with E-state index < -0.39 is 10.0 Å². The van der Waals surface area contributed by atoms with Gasteiger partial charge < -0.3 is 4.74 Å². The number of ether oxygens (including phenoxy) is 1. The Balaban J connectivity index is 3.27. The third kappa shape index (κ3) is 13.9. The summed E-state index contributed by atoms with van der Waals surface area (Å²) in [5.41, 5.74) is 0. The lowest BCUT2D eigenvalue weighted by Crippen LogP contribution is -2.16. The van der Waals surface area contributed by atoms with Gasteiger partial charge in [0.2, 0.25) is 10.0 Å². The van der Waals surface area contributed by atoms with Gasteiger partial charge in [-0.25, -0.2) is 13.6 Å². The van der Waals surface area contributed by atoms with Crippen molar-refractivity contribution in [1.82, 2.24) is 0 Å². The number of sulfonamides is 1. The van der Waals surface area contributed by atoms with Gasteiger partial charge in [-0.1, -0.05) is 39.0 Å². The molecule has 0 saturated carbocycles. The molecule has 0 rings (SSSR count). The van der Waals surface area contributed by atoms with Crippen molar-refractivity contribution in [3.05, 3.63) is 0 Å². The highest BCUT2D eigenvalue weighted by atomic mass is 32.2. The smallest absolute Gasteiger partial charge is 0.209 e. The fraction of sp³-hybridized carbons (Fsp3) is 1.00. The van der Waals surface area contributed by atoms with Gasteiger partial charge in [0.05, 0.1) is 11.9 Å². The highest BCUT2D eigenvalue weighted by Gasteiger charge is 2.03. The predicted molar refractivity (Wildman–Crippen MR) is 76.0 cm³/mol. The molecule has 4 nitrogen and oxygen atoms in total. The highest BCUT2D eigenvalue weighted by Crippen LogP contribution is 2.08. The number of hydrogen-bond donors (Lipinski definition) is 1. The first kappa shape index (κ1) is 17.9. The zero-order valence-corrected chi connectivity index (χ0v) is 12.7. The van der Waals surface area contributed by atoms with Gasteiger partial charge in [0, 0.05) is 6.61 Å². The van der Waals surface area contributed by atoms with E-state index >= 15 is 0 Å². The molecule has 1 atom stereocenters. The van der Waals surface area contributed by atoms with Crippen LogP contribution in [0.5, 0.6) is 0 Å². The lowest BCUT2D eigenvalue weighted by atomic mass is 10.1. The molecule has 0 spiro atoms. The van der Waals surface area contributed by atoms with E-state index in [2.05, 4.69) is 13.8 Å². The molecule has 0 aliphatic carbocycles. The second-order valence-corrected chi connectivity index (χ2v) is 6.69. The molecule has 5 heteroatoms. The molecule has 0 aliphatic rings. The topological polar surface area (TPSA) is 69.4 Å². The van der Waals surface area contributed by atoms with Gasteiger partial charge in [0.1, 0.15) is 0 Å². The number of unbranched alkanes of at least 4 members (excludes halogenated alkanes) is 5. The molecule has 0 bridgehead atoms. The summed E-state index contributed by atoms with van der Waals surface area (Å²) in [6.45, 7) is 5.04. The Morgan fingerprint density at radius 3 is 2.33 bits per heavy atom. The third-order valence-electron chi connectivity index (χ3n) is 2.94.